The average molecular weight is 341 g/mol. The molecule has 0 fully saturated rings. The molecule has 4 nitrogen and oxygen atoms in total. The monoisotopic (exact) mass is 341 g/mol. The smallest absolute Gasteiger partial charge is 0.192 e. The molecule has 2 aromatic carbocycles. The number of aromatic hydroxyl groups is 2. The zero-order valence-corrected chi connectivity index (χ0v) is 10.7. The number of aromatic nitrogens is 1. The van der Waals surface area contributed by atoms with Gasteiger partial charge in [0.05, 0.1) is 11.0 Å². The van der Waals surface area contributed by atoms with Crippen molar-refractivity contribution in [3.63, 3.8) is 0 Å². The van der Waals surface area contributed by atoms with E-state index in [1.54, 1.807) is 41.2 Å². The third-order valence-corrected chi connectivity index (χ3v) is 3.22. The van der Waals surface area contributed by atoms with Gasteiger partial charge in [0, 0.05) is 16.8 Å². The van der Waals surface area contributed by atoms with Crippen LogP contribution in [0.1, 0.15) is 0 Å². The number of benzene rings is 2. The second-order valence-electron chi connectivity index (χ2n) is 3.77. The molecule has 0 saturated carbocycles. The number of halogens is 1. The van der Waals surface area contributed by atoms with E-state index in [1.165, 1.54) is 6.07 Å². The summed E-state index contributed by atoms with van der Waals surface area (Å²) < 4.78 is 5.17. The first-order valence-electron chi connectivity index (χ1n) is 4.95. The van der Waals surface area contributed by atoms with E-state index in [0.29, 0.717) is 11.1 Å². The van der Waals surface area contributed by atoms with E-state index in [9.17, 15) is 10.2 Å². The highest BCUT2D eigenvalue weighted by Gasteiger charge is 2.13. The van der Waals surface area contributed by atoms with Crippen molar-refractivity contribution >= 4 is 44.8 Å². The van der Waals surface area contributed by atoms with Crippen LogP contribution < -0.4 is 3.07 Å². The molecule has 3 N–H and O–H groups in total. The van der Waals surface area contributed by atoms with Crippen LogP contribution in [0, 0.1) is 0 Å². The minimum Gasteiger partial charge on any atom is -0.508 e. The molecule has 1 aromatic heterocycles. The van der Waals surface area contributed by atoms with E-state index < -0.39 is 0 Å². The van der Waals surface area contributed by atoms with E-state index in [-0.39, 0.29) is 11.5 Å². The SMILES string of the molecule is Oc1cc(OI)c2[nH]c3cccc(O)c3c2c1. The van der Waals surface area contributed by atoms with Gasteiger partial charge in [-0.15, -0.1) is 0 Å². The van der Waals surface area contributed by atoms with Gasteiger partial charge in [-0.2, -0.15) is 0 Å². The lowest BCUT2D eigenvalue weighted by molar-refractivity contribution is 0.474. The minimum absolute atomic E-state index is 0.105. The van der Waals surface area contributed by atoms with E-state index >= 15 is 0 Å². The predicted octanol–water partition coefficient (Wildman–Crippen LogP) is 3.46. The van der Waals surface area contributed by atoms with Gasteiger partial charge in [-0.1, -0.05) is 6.07 Å². The van der Waals surface area contributed by atoms with Gasteiger partial charge in [0.15, 0.2) is 28.8 Å². The largest absolute Gasteiger partial charge is 0.508 e. The van der Waals surface area contributed by atoms with Crippen LogP contribution in [-0.2, 0) is 0 Å². The number of hydrogen-bond acceptors (Lipinski definition) is 3. The van der Waals surface area contributed by atoms with Crippen molar-refractivity contribution in [1.29, 1.82) is 0 Å². The summed E-state index contributed by atoms with van der Waals surface area (Å²) in [4.78, 5) is 3.16. The van der Waals surface area contributed by atoms with Gasteiger partial charge in [-0.3, -0.25) is 0 Å². The van der Waals surface area contributed by atoms with Crippen molar-refractivity contribution < 1.29 is 13.3 Å². The fraction of sp³-hybridized carbons (Fsp3) is 0. The molecule has 0 amide bonds. The molecule has 0 aliphatic carbocycles. The lowest BCUT2D eigenvalue weighted by atomic mass is 10.1. The molecule has 17 heavy (non-hydrogen) atoms. The van der Waals surface area contributed by atoms with Crippen molar-refractivity contribution in [3.05, 3.63) is 30.3 Å². The summed E-state index contributed by atoms with van der Waals surface area (Å²) in [6.07, 6.45) is 0. The highest BCUT2D eigenvalue weighted by atomic mass is 127. The van der Waals surface area contributed by atoms with Crippen molar-refractivity contribution in [2.24, 2.45) is 0 Å². The Morgan fingerprint density at radius 3 is 2.76 bits per heavy atom. The quantitative estimate of drug-likeness (QED) is 0.594. The summed E-state index contributed by atoms with van der Waals surface area (Å²) in [5.41, 5.74) is 1.56. The molecule has 0 bridgehead atoms. The van der Waals surface area contributed by atoms with Crippen LogP contribution in [0.25, 0.3) is 21.8 Å². The Morgan fingerprint density at radius 2 is 2.00 bits per heavy atom. The summed E-state index contributed by atoms with van der Waals surface area (Å²) in [5, 5.41) is 20.9. The third kappa shape index (κ3) is 1.49. The first-order chi connectivity index (χ1) is 8.20. The Hall–Kier alpha value is -1.63. The maximum absolute atomic E-state index is 9.87. The number of phenols is 2. The number of aromatic amines is 1. The Bertz CT molecular complexity index is 720. The summed E-state index contributed by atoms with van der Waals surface area (Å²) in [6, 6.07) is 8.37. The van der Waals surface area contributed by atoms with Gasteiger partial charge < -0.3 is 18.3 Å². The Balaban J connectivity index is 2.57. The average Bonchev–Trinajstić information content (AvgIpc) is 2.67. The molecular formula is C12H8INO3. The number of H-pyrrole nitrogens is 1. The number of fused-ring (bicyclic) bond motifs is 3. The van der Waals surface area contributed by atoms with Crippen molar-refractivity contribution in [1.82, 2.24) is 4.98 Å². The van der Waals surface area contributed by atoms with E-state index in [0.717, 1.165) is 16.4 Å². The topological polar surface area (TPSA) is 65.5 Å². The summed E-state index contributed by atoms with van der Waals surface area (Å²) in [7, 11) is 0. The second kappa shape index (κ2) is 3.69. The molecule has 0 spiro atoms. The minimum atomic E-state index is 0.105. The van der Waals surface area contributed by atoms with Crippen molar-refractivity contribution in [2.45, 2.75) is 0 Å². The Morgan fingerprint density at radius 1 is 1.18 bits per heavy atom. The summed E-state index contributed by atoms with van der Waals surface area (Å²) in [6.45, 7) is 0. The molecule has 0 aliphatic heterocycles. The number of rotatable bonds is 1. The van der Waals surface area contributed by atoms with Crippen LogP contribution in [0.4, 0.5) is 0 Å². The first-order valence-corrected chi connectivity index (χ1v) is 5.84. The molecule has 5 heteroatoms. The maximum Gasteiger partial charge on any atom is 0.192 e. The van der Waals surface area contributed by atoms with Crippen LogP contribution in [0.3, 0.4) is 0 Å². The third-order valence-electron chi connectivity index (χ3n) is 2.74. The second-order valence-corrected chi connectivity index (χ2v) is 4.21. The highest BCUT2D eigenvalue weighted by Crippen LogP contribution is 2.39. The molecule has 86 valence electrons. The zero-order chi connectivity index (χ0) is 12.0. The molecule has 3 rings (SSSR count). The maximum atomic E-state index is 9.87. The Kier molecular flexibility index (Phi) is 2.29. The zero-order valence-electron chi connectivity index (χ0n) is 8.57. The van der Waals surface area contributed by atoms with E-state index in [2.05, 4.69) is 4.98 Å². The van der Waals surface area contributed by atoms with E-state index in [1.807, 2.05) is 6.07 Å². The number of nitrogens with one attached hydrogen (secondary N) is 1. The van der Waals surface area contributed by atoms with Gasteiger partial charge >= 0.3 is 0 Å². The predicted molar refractivity (Wildman–Crippen MR) is 73.8 cm³/mol. The molecule has 0 radical (unpaired) electrons. The van der Waals surface area contributed by atoms with Gasteiger partial charge in [-0.05, 0) is 18.2 Å². The van der Waals surface area contributed by atoms with Gasteiger partial charge in [0.25, 0.3) is 0 Å². The molecule has 0 unspecified atom stereocenters. The van der Waals surface area contributed by atoms with E-state index in [4.69, 9.17) is 3.07 Å². The molecular weight excluding hydrogens is 333 g/mol. The van der Waals surface area contributed by atoms with Crippen LogP contribution >= 0.6 is 23.0 Å². The number of phenolic OH excluding ortho intramolecular Hbond substituents is 2. The standard InChI is InChI=1S/C12H8INO3/c13-17-10-5-6(15)4-7-11-8(14-12(7)10)2-1-3-9(11)16/h1-5,14-16H. The van der Waals surface area contributed by atoms with Crippen molar-refractivity contribution in [2.75, 3.05) is 0 Å². The normalized spacial score (nSPS) is 11.1. The summed E-state index contributed by atoms with van der Waals surface area (Å²) >= 11 is 1.76. The van der Waals surface area contributed by atoms with Gasteiger partial charge in [0.1, 0.15) is 11.5 Å². The van der Waals surface area contributed by atoms with Crippen LogP contribution in [0.15, 0.2) is 30.3 Å². The van der Waals surface area contributed by atoms with Crippen LogP contribution in [0.5, 0.6) is 17.2 Å². The highest BCUT2D eigenvalue weighted by molar-refractivity contribution is 14.1. The van der Waals surface area contributed by atoms with Crippen molar-refractivity contribution in [3.8, 4) is 17.2 Å². The summed E-state index contributed by atoms with van der Waals surface area (Å²) in [5.74, 6) is 0.822. The first kappa shape index (κ1) is 10.5. The molecule has 3 aromatic rings. The van der Waals surface area contributed by atoms with Crippen LogP contribution in [-0.4, -0.2) is 15.2 Å². The molecule has 0 atom stereocenters. The number of hydrogen-bond donors (Lipinski definition) is 3. The van der Waals surface area contributed by atoms with Crippen LogP contribution in [0.2, 0.25) is 0 Å². The molecule has 0 aliphatic rings. The fourth-order valence-electron chi connectivity index (χ4n) is 2.05. The van der Waals surface area contributed by atoms with Gasteiger partial charge in [-0.25, -0.2) is 0 Å². The fourth-order valence-corrected chi connectivity index (χ4v) is 2.40. The van der Waals surface area contributed by atoms with Gasteiger partial charge in [0.2, 0.25) is 0 Å². The lowest BCUT2D eigenvalue weighted by Crippen LogP contribution is -1.77. The molecule has 0 saturated heterocycles. The molecule has 1 heterocycles. The lowest BCUT2D eigenvalue weighted by Gasteiger charge is -2.00. The Labute approximate surface area is 111 Å².